The van der Waals surface area contributed by atoms with Crippen LogP contribution >= 0.6 is 27.3 Å². The lowest BCUT2D eigenvalue weighted by Crippen LogP contribution is -2.33. The molecule has 4 heteroatoms. The fourth-order valence-corrected chi connectivity index (χ4v) is 4.41. The normalized spacial score (nSPS) is 27.4. The van der Waals surface area contributed by atoms with Gasteiger partial charge >= 0.3 is 0 Å². The molecule has 1 saturated heterocycles. The van der Waals surface area contributed by atoms with E-state index in [0.717, 1.165) is 41.7 Å². The first kappa shape index (κ1) is 13.5. The van der Waals surface area contributed by atoms with E-state index in [2.05, 4.69) is 34.7 Å². The Balaban J connectivity index is 2.15. The summed E-state index contributed by atoms with van der Waals surface area (Å²) >= 11 is 5.20. The average Bonchev–Trinajstić information content (AvgIpc) is 2.59. The summed E-state index contributed by atoms with van der Waals surface area (Å²) in [6.07, 6.45) is 2.78. The van der Waals surface area contributed by atoms with Crippen LogP contribution in [-0.2, 0) is 5.60 Å². The molecule has 0 spiro atoms. The highest BCUT2D eigenvalue weighted by Crippen LogP contribution is 2.40. The first-order valence-corrected chi connectivity index (χ1v) is 7.90. The largest absolute Gasteiger partial charge is 0.384 e. The molecule has 1 atom stereocenters. The lowest BCUT2D eigenvalue weighted by atomic mass is 9.93. The molecule has 2 rings (SSSR count). The van der Waals surface area contributed by atoms with Crippen molar-refractivity contribution in [2.75, 3.05) is 13.1 Å². The predicted octanol–water partition coefficient (Wildman–Crippen LogP) is 3.59. The van der Waals surface area contributed by atoms with Crippen molar-refractivity contribution in [3.63, 3.8) is 0 Å². The molecule has 2 nitrogen and oxygen atoms in total. The van der Waals surface area contributed by atoms with Gasteiger partial charge in [0.15, 0.2) is 0 Å². The van der Waals surface area contributed by atoms with E-state index in [1.807, 2.05) is 11.4 Å². The molecule has 0 bridgehead atoms. The summed E-state index contributed by atoms with van der Waals surface area (Å²) in [6.45, 7) is 6.54. The highest BCUT2D eigenvalue weighted by Gasteiger charge is 2.34. The molecule has 0 aliphatic carbocycles. The van der Waals surface area contributed by atoms with Crippen LogP contribution in [0.3, 0.4) is 0 Å². The number of rotatable bonds is 2. The van der Waals surface area contributed by atoms with Gasteiger partial charge in [-0.1, -0.05) is 0 Å². The Morgan fingerprint density at radius 1 is 1.41 bits per heavy atom. The average molecular weight is 318 g/mol. The summed E-state index contributed by atoms with van der Waals surface area (Å²) in [5, 5.41) is 12.9. The van der Waals surface area contributed by atoms with Crippen molar-refractivity contribution < 1.29 is 5.11 Å². The van der Waals surface area contributed by atoms with Crippen LogP contribution in [0.25, 0.3) is 0 Å². The van der Waals surface area contributed by atoms with Gasteiger partial charge in [0.2, 0.25) is 0 Å². The van der Waals surface area contributed by atoms with Crippen molar-refractivity contribution in [3.05, 3.63) is 20.8 Å². The molecule has 96 valence electrons. The molecule has 0 saturated carbocycles. The van der Waals surface area contributed by atoms with Crippen LogP contribution < -0.4 is 0 Å². The van der Waals surface area contributed by atoms with Crippen molar-refractivity contribution in [3.8, 4) is 0 Å². The minimum atomic E-state index is -0.628. The second-order valence-corrected chi connectivity index (χ2v) is 6.88. The standard InChI is InChI=1S/C13H20BrNOS/c1-10(2)15-7-3-5-13(16,6-8-15)12-11(14)4-9-17-12/h4,9-10,16H,3,5-8H2,1-2H3. The lowest BCUT2D eigenvalue weighted by Gasteiger charge is -2.27. The molecule has 1 unspecified atom stereocenters. The van der Waals surface area contributed by atoms with E-state index in [1.54, 1.807) is 11.3 Å². The summed E-state index contributed by atoms with van der Waals surface area (Å²) < 4.78 is 1.06. The molecule has 1 N–H and O–H groups in total. The number of aliphatic hydroxyl groups is 1. The van der Waals surface area contributed by atoms with E-state index in [0.29, 0.717) is 6.04 Å². The second kappa shape index (κ2) is 5.39. The third-order valence-corrected chi connectivity index (χ3v) is 5.65. The van der Waals surface area contributed by atoms with Crippen LogP contribution in [0.2, 0.25) is 0 Å². The maximum atomic E-state index is 10.8. The van der Waals surface area contributed by atoms with Crippen LogP contribution in [0.1, 0.15) is 38.0 Å². The summed E-state index contributed by atoms with van der Waals surface area (Å²) in [7, 11) is 0. The SMILES string of the molecule is CC(C)N1CCCC(O)(c2sccc2Br)CC1. The molecule has 1 aromatic heterocycles. The highest BCUT2D eigenvalue weighted by atomic mass is 79.9. The molecule has 2 heterocycles. The Morgan fingerprint density at radius 2 is 2.18 bits per heavy atom. The molecule has 17 heavy (non-hydrogen) atoms. The molecular formula is C13H20BrNOS. The van der Waals surface area contributed by atoms with Gasteiger partial charge in [-0.25, -0.2) is 0 Å². The second-order valence-electron chi connectivity index (χ2n) is 5.11. The number of nitrogens with zero attached hydrogens (tertiary/aromatic N) is 1. The predicted molar refractivity (Wildman–Crippen MR) is 76.5 cm³/mol. The Bertz CT molecular complexity index is 379. The quantitative estimate of drug-likeness (QED) is 0.901. The van der Waals surface area contributed by atoms with Crippen molar-refractivity contribution in [1.29, 1.82) is 0 Å². The minimum Gasteiger partial charge on any atom is -0.384 e. The fraction of sp³-hybridized carbons (Fsp3) is 0.692. The van der Waals surface area contributed by atoms with Crippen molar-refractivity contribution in [2.45, 2.75) is 44.8 Å². The van der Waals surface area contributed by atoms with Gasteiger partial charge in [-0.3, -0.25) is 0 Å². The molecule has 0 radical (unpaired) electrons. The van der Waals surface area contributed by atoms with E-state index in [9.17, 15) is 5.11 Å². The van der Waals surface area contributed by atoms with Gasteiger partial charge in [0.05, 0.1) is 4.88 Å². The summed E-state index contributed by atoms with van der Waals surface area (Å²) in [5.74, 6) is 0. The van der Waals surface area contributed by atoms with Crippen LogP contribution in [-0.4, -0.2) is 29.1 Å². The van der Waals surface area contributed by atoms with Gasteiger partial charge in [0.25, 0.3) is 0 Å². The molecule has 1 aromatic rings. The highest BCUT2D eigenvalue weighted by molar-refractivity contribution is 9.10. The Hall–Kier alpha value is 0.100. The number of hydrogen-bond donors (Lipinski definition) is 1. The van der Waals surface area contributed by atoms with Crippen molar-refractivity contribution >= 4 is 27.3 Å². The summed E-state index contributed by atoms with van der Waals surface area (Å²) in [6, 6.07) is 2.60. The number of halogens is 1. The zero-order valence-corrected chi connectivity index (χ0v) is 12.9. The smallest absolute Gasteiger partial charge is 0.101 e. The zero-order chi connectivity index (χ0) is 12.5. The maximum Gasteiger partial charge on any atom is 0.101 e. The van der Waals surface area contributed by atoms with Crippen LogP contribution in [0.4, 0.5) is 0 Å². The third-order valence-electron chi connectivity index (χ3n) is 3.62. The third kappa shape index (κ3) is 2.92. The van der Waals surface area contributed by atoms with E-state index < -0.39 is 5.60 Å². The molecular weight excluding hydrogens is 298 g/mol. The molecule has 1 fully saturated rings. The Kier molecular flexibility index (Phi) is 4.29. The van der Waals surface area contributed by atoms with Crippen molar-refractivity contribution in [1.82, 2.24) is 4.90 Å². The summed E-state index contributed by atoms with van der Waals surface area (Å²) in [4.78, 5) is 3.56. The van der Waals surface area contributed by atoms with Gasteiger partial charge in [0.1, 0.15) is 5.60 Å². The fourth-order valence-electron chi connectivity index (χ4n) is 2.51. The Morgan fingerprint density at radius 3 is 2.76 bits per heavy atom. The molecule has 0 aromatic carbocycles. The summed E-state index contributed by atoms with van der Waals surface area (Å²) in [5.41, 5.74) is -0.628. The first-order chi connectivity index (χ1) is 8.03. The molecule has 1 aliphatic heterocycles. The lowest BCUT2D eigenvalue weighted by molar-refractivity contribution is 0.0234. The van der Waals surface area contributed by atoms with Gasteiger partial charge in [-0.05, 0) is 67.0 Å². The molecule has 1 aliphatic rings. The zero-order valence-electron chi connectivity index (χ0n) is 10.4. The monoisotopic (exact) mass is 317 g/mol. The van der Waals surface area contributed by atoms with E-state index in [1.165, 1.54) is 0 Å². The van der Waals surface area contributed by atoms with Gasteiger partial charge in [-0.15, -0.1) is 11.3 Å². The maximum absolute atomic E-state index is 10.8. The van der Waals surface area contributed by atoms with Crippen LogP contribution in [0, 0.1) is 0 Å². The number of thiophene rings is 1. The first-order valence-electron chi connectivity index (χ1n) is 6.23. The van der Waals surface area contributed by atoms with Crippen molar-refractivity contribution in [2.24, 2.45) is 0 Å². The van der Waals surface area contributed by atoms with Gasteiger partial charge in [0, 0.05) is 17.1 Å². The van der Waals surface area contributed by atoms with Gasteiger partial charge in [-0.2, -0.15) is 0 Å². The molecule has 0 amide bonds. The van der Waals surface area contributed by atoms with E-state index >= 15 is 0 Å². The topological polar surface area (TPSA) is 23.5 Å². The van der Waals surface area contributed by atoms with E-state index in [4.69, 9.17) is 0 Å². The van der Waals surface area contributed by atoms with E-state index in [-0.39, 0.29) is 0 Å². The van der Waals surface area contributed by atoms with Gasteiger partial charge < -0.3 is 10.0 Å². The minimum absolute atomic E-state index is 0.573. The number of hydrogen-bond acceptors (Lipinski definition) is 3. The van der Waals surface area contributed by atoms with Crippen LogP contribution in [0.5, 0.6) is 0 Å². The number of likely N-dealkylation sites (tertiary alicyclic amines) is 1. The Labute approximate surface area is 116 Å². The van der Waals surface area contributed by atoms with Crippen LogP contribution in [0.15, 0.2) is 15.9 Å².